The molecule has 0 saturated heterocycles. The largest absolute Gasteiger partial charge is 0.397 e. The summed E-state index contributed by atoms with van der Waals surface area (Å²) in [6.45, 7) is 0. The Morgan fingerprint density at radius 2 is 2.06 bits per heavy atom. The fourth-order valence-electron chi connectivity index (χ4n) is 1.17. The number of nitrogens with one attached hydrogen (secondary N) is 1. The van der Waals surface area contributed by atoms with E-state index in [1.807, 2.05) is 24.3 Å². The summed E-state index contributed by atoms with van der Waals surface area (Å²) < 4.78 is 0.880. The molecule has 3 N–H and O–H groups in total. The van der Waals surface area contributed by atoms with E-state index in [4.69, 9.17) is 17.3 Å². The standard InChI is InChI=1S/C10H8ClIN4/c11-10-14-5-6(12)9(16-10)15-8-4-2-1-3-7(8)13/h1-5H,13H2,(H,14,15,16). The fraction of sp³-hybridized carbons (Fsp3) is 0. The van der Waals surface area contributed by atoms with Crippen molar-refractivity contribution in [2.75, 3.05) is 11.1 Å². The van der Waals surface area contributed by atoms with Gasteiger partial charge in [0.2, 0.25) is 5.28 Å². The molecule has 0 atom stereocenters. The van der Waals surface area contributed by atoms with Crippen LogP contribution in [0.15, 0.2) is 30.5 Å². The third-order valence-electron chi connectivity index (χ3n) is 1.93. The van der Waals surface area contributed by atoms with E-state index in [1.165, 1.54) is 0 Å². The molecule has 0 spiro atoms. The van der Waals surface area contributed by atoms with E-state index in [1.54, 1.807) is 6.20 Å². The lowest BCUT2D eigenvalue weighted by Gasteiger charge is -2.09. The minimum atomic E-state index is 0.206. The number of nitrogens with zero attached hydrogens (tertiary/aromatic N) is 2. The highest BCUT2D eigenvalue weighted by Gasteiger charge is 2.05. The second-order valence-electron chi connectivity index (χ2n) is 3.05. The molecule has 0 aliphatic heterocycles. The Bertz CT molecular complexity index is 518. The minimum absolute atomic E-state index is 0.206. The van der Waals surface area contributed by atoms with E-state index in [-0.39, 0.29) is 5.28 Å². The zero-order valence-corrected chi connectivity index (χ0v) is 11.0. The lowest BCUT2D eigenvalue weighted by atomic mass is 10.3. The average Bonchev–Trinajstić information content (AvgIpc) is 2.27. The van der Waals surface area contributed by atoms with Gasteiger partial charge in [-0.3, -0.25) is 0 Å². The van der Waals surface area contributed by atoms with Crippen LogP contribution in [0.1, 0.15) is 0 Å². The molecule has 0 aliphatic rings. The number of halogens is 2. The predicted molar refractivity (Wildman–Crippen MR) is 73.9 cm³/mol. The third kappa shape index (κ3) is 2.53. The van der Waals surface area contributed by atoms with Crippen molar-refractivity contribution < 1.29 is 0 Å². The molecule has 1 aromatic carbocycles. The maximum absolute atomic E-state index is 5.82. The highest BCUT2D eigenvalue weighted by atomic mass is 127. The quantitative estimate of drug-likeness (QED) is 0.498. The van der Waals surface area contributed by atoms with Crippen molar-refractivity contribution in [3.05, 3.63) is 39.3 Å². The maximum atomic E-state index is 5.82. The first-order valence-electron chi connectivity index (χ1n) is 4.46. The molecule has 82 valence electrons. The van der Waals surface area contributed by atoms with Gasteiger partial charge in [0.1, 0.15) is 5.82 Å². The van der Waals surface area contributed by atoms with E-state index < -0.39 is 0 Å². The van der Waals surface area contributed by atoms with Gasteiger partial charge in [0.05, 0.1) is 14.9 Å². The number of aromatic nitrogens is 2. The number of nitrogens with two attached hydrogens (primary N) is 1. The lowest BCUT2D eigenvalue weighted by Crippen LogP contribution is -2.00. The van der Waals surface area contributed by atoms with Crippen molar-refractivity contribution in [1.82, 2.24) is 9.97 Å². The van der Waals surface area contributed by atoms with Gasteiger partial charge in [-0.05, 0) is 46.3 Å². The van der Waals surface area contributed by atoms with Gasteiger partial charge in [-0.25, -0.2) is 4.98 Å². The van der Waals surface area contributed by atoms with Crippen LogP contribution in [0.4, 0.5) is 17.2 Å². The molecule has 0 unspecified atom stereocenters. The van der Waals surface area contributed by atoms with E-state index >= 15 is 0 Å². The van der Waals surface area contributed by atoms with Crippen molar-refractivity contribution in [3.8, 4) is 0 Å². The van der Waals surface area contributed by atoms with E-state index in [0.29, 0.717) is 11.5 Å². The summed E-state index contributed by atoms with van der Waals surface area (Å²) in [6, 6.07) is 7.46. The first-order chi connectivity index (χ1) is 7.66. The minimum Gasteiger partial charge on any atom is -0.397 e. The van der Waals surface area contributed by atoms with Crippen molar-refractivity contribution >= 4 is 51.4 Å². The zero-order valence-electron chi connectivity index (χ0n) is 8.11. The number of anilines is 3. The van der Waals surface area contributed by atoms with Gasteiger partial charge in [0, 0.05) is 6.20 Å². The van der Waals surface area contributed by atoms with Crippen molar-refractivity contribution in [1.29, 1.82) is 0 Å². The predicted octanol–water partition coefficient (Wildman–Crippen LogP) is 3.06. The van der Waals surface area contributed by atoms with Crippen molar-refractivity contribution in [2.45, 2.75) is 0 Å². The molecule has 6 heteroatoms. The Balaban J connectivity index is 2.34. The summed E-state index contributed by atoms with van der Waals surface area (Å²) >= 11 is 7.85. The van der Waals surface area contributed by atoms with Crippen LogP contribution in [0.5, 0.6) is 0 Å². The third-order valence-corrected chi connectivity index (χ3v) is 2.90. The molecule has 0 fully saturated rings. The second kappa shape index (κ2) is 4.84. The Morgan fingerprint density at radius 3 is 2.81 bits per heavy atom. The molecule has 2 aromatic rings. The van der Waals surface area contributed by atoms with Crippen LogP contribution in [0.2, 0.25) is 5.28 Å². The van der Waals surface area contributed by atoms with Crippen molar-refractivity contribution in [2.24, 2.45) is 0 Å². The van der Waals surface area contributed by atoms with Gasteiger partial charge in [-0.1, -0.05) is 12.1 Å². The summed E-state index contributed by atoms with van der Waals surface area (Å²) in [4.78, 5) is 7.97. The molecule has 2 rings (SSSR count). The summed E-state index contributed by atoms with van der Waals surface area (Å²) in [5.41, 5.74) is 7.28. The molecule has 0 bridgehead atoms. The molecule has 16 heavy (non-hydrogen) atoms. The number of nitrogen functional groups attached to an aromatic ring is 1. The van der Waals surface area contributed by atoms with Gasteiger partial charge in [0.15, 0.2) is 0 Å². The number of para-hydroxylation sites is 2. The first kappa shape index (κ1) is 11.4. The molecule has 0 saturated carbocycles. The number of rotatable bonds is 2. The molecule has 0 radical (unpaired) electrons. The molecular formula is C10H8ClIN4. The SMILES string of the molecule is Nc1ccccc1Nc1nc(Cl)ncc1I. The normalized spacial score (nSPS) is 10.1. The van der Waals surface area contributed by atoms with Gasteiger partial charge in [0.25, 0.3) is 0 Å². The highest BCUT2D eigenvalue weighted by Crippen LogP contribution is 2.24. The summed E-state index contributed by atoms with van der Waals surface area (Å²) in [7, 11) is 0. The van der Waals surface area contributed by atoms with Crippen LogP contribution < -0.4 is 11.1 Å². The Kier molecular flexibility index (Phi) is 3.45. The Hall–Kier alpha value is -1.08. The van der Waals surface area contributed by atoms with E-state index in [2.05, 4.69) is 37.9 Å². The smallest absolute Gasteiger partial charge is 0.224 e. The van der Waals surface area contributed by atoms with E-state index in [0.717, 1.165) is 9.26 Å². The monoisotopic (exact) mass is 346 g/mol. The van der Waals surface area contributed by atoms with Crippen molar-refractivity contribution in [3.63, 3.8) is 0 Å². The van der Waals surface area contributed by atoms with Gasteiger partial charge < -0.3 is 11.1 Å². The number of hydrogen-bond acceptors (Lipinski definition) is 4. The summed E-state index contributed by atoms with van der Waals surface area (Å²) in [6.07, 6.45) is 1.65. The topological polar surface area (TPSA) is 63.8 Å². The van der Waals surface area contributed by atoms with Crippen LogP contribution in [0.25, 0.3) is 0 Å². The average molecular weight is 347 g/mol. The Labute approximate surface area is 111 Å². The first-order valence-corrected chi connectivity index (χ1v) is 5.92. The van der Waals surface area contributed by atoms with Crippen LogP contribution >= 0.6 is 34.2 Å². The molecular weight excluding hydrogens is 338 g/mol. The highest BCUT2D eigenvalue weighted by molar-refractivity contribution is 14.1. The molecule has 1 heterocycles. The van der Waals surface area contributed by atoms with Crippen LogP contribution in [0.3, 0.4) is 0 Å². The van der Waals surface area contributed by atoms with Crippen LogP contribution in [-0.4, -0.2) is 9.97 Å². The number of hydrogen-bond donors (Lipinski definition) is 2. The van der Waals surface area contributed by atoms with E-state index in [9.17, 15) is 0 Å². The summed E-state index contributed by atoms with van der Waals surface area (Å²) in [5.74, 6) is 0.651. The van der Waals surface area contributed by atoms with Crippen LogP contribution in [-0.2, 0) is 0 Å². The van der Waals surface area contributed by atoms with Gasteiger partial charge in [-0.15, -0.1) is 0 Å². The number of benzene rings is 1. The second-order valence-corrected chi connectivity index (χ2v) is 4.55. The molecule has 1 aromatic heterocycles. The maximum Gasteiger partial charge on any atom is 0.224 e. The lowest BCUT2D eigenvalue weighted by molar-refractivity contribution is 1.15. The molecule has 4 nitrogen and oxygen atoms in total. The van der Waals surface area contributed by atoms with Crippen LogP contribution in [0, 0.1) is 3.57 Å². The summed E-state index contributed by atoms with van der Waals surface area (Å²) in [5, 5.41) is 3.32. The Morgan fingerprint density at radius 1 is 1.31 bits per heavy atom. The van der Waals surface area contributed by atoms with Gasteiger partial charge >= 0.3 is 0 Å². The molecule has 0 aliphatic carbocycles. The van der Waals surface area contributed by atoms with Gasteiger partial charge in [-0.2, -0.15) is 4.98 Å². The fourth-order valence-corrected chi connectivity index (χ4v) is 1.70. The molecule has 0 amide bonds. The zero-order chi connectivity index (χ0) is 11.5.